The molecule has 0 aliphatic carbocycles. The first-order valence-electron chi connectivity index (χ1n) is 6.36. The molecule has 1 saturated heterocycles. The number of hydroxylamine groups is 2. The molecule has 0 N–H and O–H groups in total. The van der Waals surface area contributed by atoms with Gasteiger partial charge in [-0.2, -0.15) is 5.26 Å². The normalized spacial score (nSPS) is 16.0. The second-order valence-electron chi connectivity index (χ2n) is 4.42. The number of hydrogen-bond donors (Lipinski definition) is 0. The van der Waals surface area contributed by atoms with Crippen molar-refractivity contribution >= 4 is 5.96 Å². The van der Waals surface area contributed by atoms with Gasteiger partial charge in [0.15, 0.2) is 12.2 Å². The SMILES string of the molecule is N#CN([O-])C(=NCc1cccnc1)N1CCCCC1. The van der Waals surface area contributed by atoms with E-state index in [9.17, 15) is 5.21 Å². The van der Waals surface area contributed by atoms with Crippen LogP contribution in [0.2, 0.25) is 0 Å². The zero-order chi connectivity index (χ0) is 13.5. The Morgan fingerprint density at radius 3 is 2.89 bits per heavy atom. The molecule has 19 heavy (non-hydrogen) atoms. The second-order valence-corrected chi connectivity index (χ2v) is 4.42. The van der Waals surface area contributed by atoms with Gasteiger partial charge in [-0.25, -0.2) is 4.99 Å². The summed E-state index contributed by atoms with van der Waals surface area (Å²) < 4.78 is 0. The van der Waals surface area contributed by atoms with Gasteiger partial charge in [0.25, 0.3) is 0 Å². The summed E-state index contributed by atoms with van der Waals surface area (Å²) in [6.07, 6.45) is 8.21. The number of nitrogens with zero attached hydrogens (tertiary/aromatic N) is 5. The topological polar surface area (TPSA) is 78.6 Å². The molecule has 2 heterocycles. The van der Waals surface area contributed by atoms with E-state index in [-0.39, 0.29) is 5.96 Å². The van der Waals surface area contributed by atoms with Gasteiger partial charge < -0.3 is 15.2 Å². The van der Waals surface area contributed by atoms with E-state index in [1.165, 1.54) is 0 Å². The van der Waals surface area contributed by atoms with E-state index in [2.05, 4.69) is 9.98 Å². The molecule has 1 aliphatic heterocycles. The highest BCUT2D eigenvalue weighted by Gasteiger charge is 2.15. The van der Waals surface area contributed by atoms with Gasteiger partial charge in [-0.15, -0.1) is 0 Å². The van der Waals surface area contributed by atoms with Crippen LogP contribution >= 0.6 is 0 Å². The summed E-state index contributed by atoms with van der Waals surface area (Å²) in [6.45, 7) is 1.93. The smallest absolute Gasteiger partial charge is 0.199 e. The average Bonchev–Trinajstić information content (AvgIpc) is 2.49. The number of aromatic nitrogens is 1. The van der Waals surface area contributed by atoms with E-state index in [1.807, 2.05) is 17.0 Å². The van der Waals surface area contributed by atoms with Crippen molar-refractivity contribution in [3.05, 3.63) is 35.3 Å². The largest absolute Gasteiger partial charge is 0.743 e. The van der Waals surface area contributed by atoms with Gasteiger partial charge in [-0.3, -0.25) is 4.98 Å². The van der Waals surface area contributed by atoms with Crippen molar-refractivity contribution in [3.8, 4) is 6.19 Å². The highest BCUT2D eigenvalue weighted by molar-refractivity contribution is 5.82. The lowest BCUT2D eigenvalue weighted by molar-refractivity contribution is 0.319. The van der Waals surface area contributed by atoms with Crippen LogP contribution in [0.1, 0.15) is 24.8 Å². The van der Waals surface area contributed by atoms with Crippen molar-refractivity contribution in [3.63, 3.8) is 0 Å². The third-order valence-corrected chi connectivity index (χ3v) is 3.04. The van der Waals surface area contributed by atoms with E-state index in [0.29, 0.717) is 11.6 Å². The minimum atomic E-state index is 0.214. The van der Waals surface area contributed by atoms with Gasteiger partial charge >= 0.3 is 0 Å². The van der Waals surface area contributed by atoms with Gasteiger partial charge in [0, 0.05) is 25.5 Å². The van der Waals surface area contributed by atoms with E-state index in [0.717, 1.165) is 37.9 Å². The molecule has 0 aromatic carbocycles. The number of nitriles is 1. The molecule has 0 bridgehead atoms. The monoisotopic (exact) mass is 258 g/mol. The minimum absolute atomic E-state index is 0.214. The lowest BCUT2D eigenvalue weighted by Crippen LogP contribution is -2.42. The molecule has 1 aromatic heterocycles. The summed E-state index contributed by atoms with van der Waals surface area (Å²) in [4.78, 5) is 10.2. The maximum Gasteiger partial charge on any atom is 0.199 e. The maximum absolute atomic E-state index is 11.6. The van der Waals surface area contributed by atoms with Crippen LogP contribution in [0.15, 0.2) is 29.5 Å². The molecule has 1 aromatic rings. The first kappa shape index (κ1) is 13.3. The zero-order valence-electron chi connectivity index (χ0n) is 10.7. The van der Waals surface area contributed by atoms with Crippen molar-refractivity contribution in [1.82, 2.24) is 14.9 Å². The summed E-state index contributed by atoms with van der Waals surface area (Å²) in [5.74, 6) is 0.214. The molecule has 100 valence electrons. The highest BCUT2D eigenvalue weighted by atomic mass is 16.5. The molecule has 1 fully saturated rings. The van der Waals surface area contributed by atoms with Gasteiger partial charge in [-0.05, 0) is 30.9 Å². The Bertz CT molecular complexity index is 462. The summed E-state index contributed by atoms with van der Waals surface area (Å²) in [7, 11) is 0. The molecule has 2 rings (SSSR count). The summed E-state index contributed by atoms with van der Waals surface area (Å²) in [5, 5.41) is 20.7. The number of pyridine rings is 1. The summed E-state index contributed by atoms with van der Waals surface area (Å²) >= 11 is 0. The molecule has 6 heteroatoms. The molecule has 0 spiro atoms. The van der Waals surface area contributed by atoms with Crippen molar-refractivity contribution in [2.45, 2.75) is 25.8 Å². The zero-order valence-corrected chi connectivity index (χ0v) is 10.7. The molecular weight excluding hydrogens is 242 g/mol. The summed E-state index contributed by atoms with van der Waals surface area (Å²) in [5.41, 5.74) is 0.920. The van der Waals surface area contributed by atoms with Crippen molar-refractivity contribution in [2.75, 3.05) is 13.1 Å². The van der Waals surface area contributed by atoms with Crippen LogP contribution in [-0.2, 0) is 6.54 Å². The van der Waals surface area contributed by atoms with Crippen LogP contribution in [0.5, 0.6) is 0 Å². The van der Waals surface area contributed by atoms with E-state index in [1.54, 1.807) is 18.6 Å². The third-order valence-electron chi connectivity index (χ3n) is 3.04. The van der Waals surface area contributed by atoms with Crippen LogP contribution in [0.4, 0.5) is 0 Å². The fraction of sp³-hybridized carbons (Fsp3) is 0.462. The lowest BCUT2D eigenvalue weighted by atomic mass is 10.1. The Morgan fingerprint density at radius 1 is 1.47 bits per heavy atom. The Kier molecular flexibility index (Phi) is 4.70. The number of aliphatic imine (C=N–C) groups is 1. The number of likely N-dealkylation sites (tertiary alicyclic amines) is 1. The van der Waals surface area contributed by atoms with Crippen molar-refractivity contribution in [1.29, 1.82) is 5.26 Å². The molecule has 0 saturated carbocycles. The molecule has 0 radical (unpaired) electrons. The molecular formula is C13H16N5O-. The van der Waals surface area contributed by atoms with Gasteiger partial charge in [0.05, 0.1) is 6.54 Å². The second kappa shape index (κ2) is 6.71. The Balaban J connectivity index is 2.10. The predicted octanol–water partition coefficient (Wildman–Crippen LogP) is 1.70. The molecule has 0 atom stereocenters. The fourth-order valence-corrected chi connectivity index (χ4v) is 2.08. The molecule has 6 nitrogen and oxygen atoms in total. The molecule has 0 amide bonds. The quantitative estimate of drug-likeness (QED) is 0.265. The molecule has 1 aliphatic rings. The lowest BCUT2D eigenvalue weighted by Gasteiger charge is -2.35. The number of piperidine rings is 1. The van der Waals surface area contributed by atoms with Crippen LogP contribution in [0.3, 0.4) is 0 Å². The van der Waals surface area contributed by atoms with Crippen LogP contribution in [0, 0.1) is 16.7 Å². The van der Waals surface area contributed by atoms with E-state index >= 15 is 0 Å². The van der Waals surface area contributed by atoms with Gasteiger partial charge in [-0.1, -0.05) is 6.07 Å². The van der Waals surface area contributed by atoms with Gasteiger partial charge in [0.2, 0.25) is 0 Å². The third kappa shape index (κ3) is 3.66. The fourth-order valence-electron chi connectivity index (χ4n) is 2.08. The first-order chi connectivity index (χ1) is 9.31. The Morgan fingerprint density at radius 2 is 2.26 bits per heavy atom. The highest BCUT2D eigenvalue weighted by Crippen LogP contribution is 2.11. The number of hydrogen-bond acceptors (Lipinski definition) is 4. The van der Waals surface area contributed by atoms with Crippen molar-refractivity contribution < 1.29 is 0 Å². The van der Waals surface area contributed by atoms with Gasteiger partial charge in [0.1, 0.15) is 0 Å². The van der Waals surface area contributed by atoms with Crippen LogP contribution < -0.4 is 0 Å². The average molecular weight is 258 g/mol. The van der Waals surface area contributed by atoms with E-state index < -0.39 is 0 Å². The standard InChI is InChI=1S/C13H16N5O/c14-11-18(19)13(17-7-2-1-3-8-17)16-10-12-5-4-6-15-9-12/h4-6,9H,1-3,7-8,10H2/q-1. The van der Waals surface area contributed by atoms with Crippen molar-refractivity contribution in [2.24, 2.45) is 4.99 Å². The minimum Gasteiger partial charge on any atom is -0.743 e. The summed E-state index contributed by atoms with van der Waals surface area (Å²) in [6, 6.07) is 3.72. The number of rotatable bonds is 2. The number of guanidine groups is 1. The Labute approximate surface area is 112 Å². The Hall–Kier alpha value is -2.13. The van der Waals surface area contributed by atoms with Crippen LogP contribution in [0.25, 0.3) is 0 Å². The van der Waals surface area contributed by atoms with E-state index in [4.69, 9.17) is 5.26 Å². The first-order valence-corrected chi connectivity index (χ1v) is 6.36. The molecule has 0 unspecified atom stereocenters. The predicted molar refractivity (Wildman–Crippen MR) is 71.6 cm³/mol. The van der Waals surface area contributed by atoms with Crippen LogP contribution in [-0.4, -0.2) is 34.0 Å². The maximum atomic E-state index is 11.6.